The van der Waals surface area contributed by atoms with E-state index in [2.05, 4.69) is 5.32 Å². The molecule has 1 N–H and O–H groups in total. The minimum Gasteiger partial charge on any atom is -0.497 e. The lowest BCUT2D eigenvalue weighted by molar-refractivity contribution is -0.126. The normalized spacial score (nSPS) is 18.1. The number of amides is 1. The van der Waals surface area contributed by atoms with Crippen LogP contribution in [0.3, 0.4) is 0 Å². The van der Waals surface area contributed by atoms with Crippen LogP contribution >= 0.6 is 0 Å². The summed E-state index contributed by atoms with van der Waals surface area (Å²) in [6.07, 6.45) is 0.299. The third-order valence-electron chi connectivity index (χ3n) is 4.49. The monoisotopic (exact) mass is 392 g/mol. The smallest absolute Gasteiger partial charge is 0.243 e. The molecule has 1 fully saturated rings. The molecule has 0 saturated carbocycles. The third kappa shape index (κ3) is 4.45. The standard InChI is InChI=1S/C19H21FN2O4S/c1-26-17-4-2-3-14(13-17)9-12-27(24,25)22-11-10-21-19(23)18(22)15-5-7-16(20)8-6-15/h2-8,13,18H,9-12H2,1H3,(H,21,23). The molecule has 8 heteroatoms. The molecule has 0 radical (unpaired) electrons. The van der Waals surface area contributed by atoms with E-state index >= 15 is 0 Å². The predicted molar refractivity (Wildman–Crippen MR) is 99.3 cm³/mol. The average molecular weight is 392 g/mol. The molecule has 1 atom stereocenters. The van der Waals surface area contributed by atoms with Gasteiger partial charge in [0.15, 0.2) is 0 Å². The van der Waals surface area contributed by atoms with Crippen molar-refractivity contribution >= 4 is 15.9 Å². The Balaban J connectivity index is 1.81. The summed E-state index contributed by atoms with van der Waals surface area (Å²) < 4.78 is 45.5. The molecule has 1 heterocycles. The Hall–Kier alpha value is -2.45. The maximum absolute atomic E-state index is 13.2. The summed E-state index contributed by atoms with van der Waals surface area (Å²) in [6, 6.07) is 11.5. The van der Waals surface area contributed by atoms with Gasteiger partial charge in [0.05, 0.1) is 12.9 Å². The number of piperazine rings is 1. The molecule has 1 unspecified atom stereocenters. The van der Waals surface area contributed by atoms with Crippen LogP contribution in [-0.2, 0) is 21.2 Å². The van der Waals surface area contributed by atoms with Gasteiger partial charge in [-0.05, 0) is 41.8 Å². The molecule has 1 aliphatic rings. The number of carbonyl (C=O) groups is 1. The number of sulfonamides is 1. The van der Waals surface area contributed by atoms with E-state index < -0.39 is 27.8 Å². The minimum absolute atomic E-state index is 0.134. The van der Waals surface area contributed by atoms with Crippen LogP contribution < -0.4 is 10.1 Å². The molecule has 6 nitrogen and oxygen atoms in total. The second kappa shape index (κ2) is 8.06. The van der Waals surface area contributed by atoms with Crippen molar-refractivity contribution in [1.29, 1.82) is 0 Å². The summed E-state index contributed by atoms with van der Waals surface area (Å²) in [5, 5.41) is 2.68. The number of aryl methyl sites for hydroxylation is 1. The Bertz CT molecular complexity index is 916. The summed E-state index contributed by atoms with van der Waals surface area (Å²) in [5.41, 5.74) is 1.27. The molecule has 3 rings (SSSR count). The molecule has 0 spiro atoms. The van der Waals surface area contributed by atoms with Gasteiger partial charge in [-0.3, -0.25) is 4.79 Å². The topological polar surface area (TPSA) is 75.7 Å². The lowest BCUT2D eigenvalue weighted by atomic mass is 10.0. The quantitative estimate of drug-likeness (QED) is 0.815. The first-order chi connectivity index (χ1) is 12.9. The Kier molecular flexibility index (Phi) is 5.76. The van der Waals surface area contributed by atoms with Gasteiger partial charge in [-0.1, -0.05) is 24.3 Å². The van der Waals surface area contributed by atoms with E-state index in [-0.39, 0.29) is 18.8 Å². The number of ether oxygens (including phenoxy) is 1. The van der Waals surface area contributed by atoms with Crippen LogP contribution in [0.5, 0.6) is 5.75 Å². The molecule has 27 heavy (non-hydrogen) atoms. The summed E-state index contributed by atoms with van der Waals surface area (Å²) in [4.78, 5) is 12.4. The van der Waals surface area contributed by atoms with E-state index in [4.69, 9.17) is 4.74 Å². The first kappa shape index (κ1) is 19.3. The van der Waals surface area contributed by atoms with Crippen molar-refractivity contribution in [2.24, 2.45) is 0 Å². The maximum Gasteiger partial charge on any atom is 0.243 e. The zero-order valence-electron chi connectivity index (χ0n) is 14.9. The Morgan fingerprint density at radius 1 is 1.22 bits per heavy atom. The highest BCUT2D eigenvalue weighted by Crippen LogP contribution is 2.27. The van der Waals surface area contributed by atoms with Crippen molar-refractivity contribution in [3.8, 4) is 5.75 Å². The van der Waals surface area contributed by atoms with Crippen molar-refractivity contribution < 1.29 is 22.3 Å². The van der Waals surface area contributed by atoms with Gasteiger partial charge in [-0.15, -0.1) is 0 Å². The van der Waals surface area contributed by atoms with Crippen molar-refractivity contribution in [1.82, 2.24) is 9.62 Å². The van der Waals surface area contributed by atoms with E-state index in [1.165, 1.54) is 28.6 Å². The second-order valence-electron chi connectivity index (χ2n) is 6.27. The molecule has 1 aliphatic heterocycles. The van der Waals surface area contributed by atoms with E-state index in [1.54, 1.807) is 25.3 Å². The summed E-state index contributed by atoms with van der Waals surface area (Å²) in [5.74, 6) is -0.322. The molecule has 2 aromatic carbocycles. The van der Waals surface area contributed by atoms with Crippen LogP contribution in [0.1, 0.15) is 17.2 Å². The Morgan fingerprint density at radius 3 is 2.67 bits per heavy atom. The van der Waals surface area contributed by atoms with Gasteiger partial charge in [0, 0.05) is 13.1 Å². The van der Waals surface area contributed by atoms with Crippen molar-refractivity contribution in [3.05, 3.63) is 65.5 Å². The highest BCUT2D eigenvalue weighted by atomic mass is 32.2. The molecule has 144 valence electrons. The minimum atomic E-state index is -3.70. The number of rotatable bonds is 6. The molecule has 2 aromatic rings. The third-order valence-corrected chi connectivity index (χ3v) is 6.32. The van der Waals surface area contributed by atoms with E-state index in [0.717, 1.165) is 5.56 Å². The van der Waals surface area contributed by atoms with E-state index in [1.807, 2.05) is 6.07 Å². The van der Waals surface area contributed by atoms with Crippen molar-refractivity contribution in [2.45, 2.75) is 12.5 Å². The summed E-state index contributed by atoms with van der Waals surface area (Å²) in [7, 11) is -2.15. The van der Waals surface area contributed by atoms with Crippen LogP contribution in [0.4, 0.5) is 4.39 Å². The molecule has 0 bridgehead atoms. The zero-order chi connectivity index (χ0) is 19.4. The fourth-order valence-electron chi connectivity index (χ4n) is 3.10. The van der Waals surface area contributed by atoms with Gasteiger partial charge < -0.3 is 10.1 Å². The van der Waals surface area contributed by atoms with Crippen molar-refractivity contribution in [3.63, 3.8) is 0 Å². The van der Waals surface area contributed by atoms with Crippen LogP contribution in [0, 0.1) is 5.82 Å². The van der Waals surface area contributed by atoms with Gasteiger partial charge in [0.1, 0.15) is 17.6 Å². The molecule has 0 aliphatic carbocycles. The van der Waals surface area contributed by atoms with Crippen LogP contribution in [-0.4, -0.2) is 44.6 Å². The number of benzene rings is 2. The highest BCUT2D eigenvalue weighted by Gasteiger charge is 2.38. The van der Waals surface area contributed by atoms with Gasteiger partial charge >= 0.3 is 0 Å². The number of carbonyl (C=O) groups excluding carboxylic acids is 1. The predicted octanol–water partition coefficient (Wildman–Crippen LogP) is 1.88. The first-order valence-electron chi connectivity index (χ1n) is 8.56. The Labute approximate surface area is 158 Å². The van der Waals surface area contributed by atoms with Crippen LogP contribution in [0.25, 0.3) is 0 Å². The van der Waals surface area contributed by atoms with E-state index in [9.17, 15) is 17.6 Å². The number of nitrogens with one attached hydrogen (secondary N) is 1. The summed E-state index contributed by atoms with van der Waals surface area (Å²) >= 11 is 0. The largest absolute Gasteiger partial charge is 0.497 e. The fraction of sp³-hybridized carbons (Fsp3) is 0.316. The lowest BCUT2D eigenvalue weighted by Crippen LogP contribution is -2.52. The molecular formula is C19H21FN2O4S. The van der Waals surface area contributed by atoms with Crippen LogP contribution in [0.2, 0.25) is 0 Å². The second-order valence-corrected chi connectivity index (χ2v) is 8.31. The molecule has 1 amide bonds. The number of hydrogen-bond donors (Lipinski definition) is 1. The van der Waals surface area contributed by atoms with E-state index in [0.29, 0.717) is 17.7 Å². The zero-order valence-corrected chi connectivity index (χ0v) is 15.7. The van der Waals surface area contributed by atoms with Crippen molar-refractivity contribution in [2.75, 3.05) is 26.0 Å². The Morgan fingerprint density at radius 2 is 1.96 bits per heavy atom. The van der Waals surface area contributed by atoms with Gasteiger partial charge in [0.25, 0.3) is 0 Å². The lowest BCUT2D eigenvalue weighted by Gasteiger charge is -2.34. The average Bonchev–Trinajstić information content (AvgIpc) is 2.67. The molecule has 1 saturated heterocycles. The fourth-order valence-corrected chi connectivity index (χ4v) is 4.74. The van der Waals surface area contributed by atoms with Gasteiger partial charge in [-0.2, -0.15) is 4.31 Å². The molecular weight excluding hydrogens is 371 g/mol. The van der Waals surface area contributed by atoms with Gasteiger partial charge in [-0.25, -0.2) is 12.8 Å². The van der Waals surface area contributed by atoms with Gasteiger partial charge in [0.2, 0.25) is 15.9 Å². The number of halogens is 1. The highest BCUT2D eigenvalue weighted by molar-refractivity contribution is 7.89. The number of methoxy groups -OCH3 is 1. The maximum atomic E-state index is 13.2. The molecule has 0 aromatic heterocycles. The number of hydrogen-bond acceptors (Lipinski definition) is 4. The summed E-state index contributed by atoms with van der Waals surface area (Å²) in [6.45, 7) is 0.420. The number of nitrogens with zero attached hydrogens (tertiary/aromatic N) is 1. The first-order valence-corrected chi connectivity index (χ1v) is 10.2. The van der Waals surface area contributed by atoms with Crippen LogP contribution in [0.15, 0.2) is 48.5 Å². The SMILES string of the molecule is COc1cccc(CCS(=O)(=O)N2CCNC(=O)C2c2ccc(F)cc2)c1.